The molecule has 1 saturated carbocycles. The first-order valence-electron chi connectivity index (χ1n) is 6.91. The van der Waals surface area contributed by atoms with Crippen LogP contribution in [-0.2, 0) is 14.6 Å². The number of nitrogens with two attached hydrogens (primary N) is 1. The highest BCUT2D eigenvalue weighted by Crippen LogP contribution is 2.37. The van der Waals surface area contributed by atoms with E-state index < -0.39 is 9.84 Å². The molecule has 2 aromatic rings. The summed E-state index contributed by atoms with van der Waals surface area (Å²) in [5, 5.41) is 0. The number of benzene rings is 1. The van der Waals surface area contributed by atoms with Crippen LogP contribution in [0.4, 0.5) is 5.95 Å². The molecule has 1 fully saturated rings. The fourth-order valence-electron chi connectivity index (χ4n) is 3.16. The predicted molar refractivity (Wildman–Crippen MR) is 80.9 cm³/mol. The third-order valence-electron chi connectivity index (χ3n) is 4.17. The number of imidazole rings is 1. The summed E-state index contributed by atoms with van der Waals surface area (Å²) < 4.78 is 31.1. The number of sulfone groups is 1. The number of hydrogen-bond acceptors (Lipinski definition) is 5. The van der Waals surface area contributed by atoms with Crippen LogP contribution < -0.4 is 5.73 Å². The van der Waals surface area contributed by atoms with Crippen LogP contribution in [0.2, 0.25) is 0 Å². The molecule has 21 heavy (non-hydrogen) atoms. The topological polar surface area (TPSA) is 87.2 Å². The Morgan fingerprint density at radius 2 is 2.14 bits per heavy atom. The van der Waals surface area contributed by atoms with Crippen molar-refractivity contribution in [2.75, 3.05) is 19.1 Å². The SMILES string of the molecule is COC1CCC(n2c(N)nc3c(S(C)(=O)=O)cccc32)C1. The molecule has 1 aromatic carbocycles. The molecule has 0 bridgehead atoms. The molecule has 2 unspecified atom stereocenters. The molecule has 1 aliphatic carbocycles. The lowest BCUT2D eigenvalue weighted by atomic mass is 10.2. The molecule has 2 N–H and O–H groups in total. The Morgan fingerprint density at radius 3 is 2.76 bits per heavy atom. The lowest BCUT2D eigenvalue weighted by Crippen LogP contribution is -2.11. The summed E-state index contributed by atoms with van der Waals surface area (Å²) in [5.74, 6) is 0.364. The fraction of sp³-hybridized carbons (Fsp3) is 0.500. The number of para-hydroxylation sites is 1. The van der Waals surface area contributed by atoms with Gasteiger partial charge >= 0.3 is 0 Å². The lowest BCUT2D eigenvalue weighted by molar-refractivity contribution is 0.106. The number of ether oxygens (including phenoxy) is 1. The maximum absolute atomic E-state index is 11.9. The largest absolute Gasteiger partial charge is 0.381 e. The van der Waals surface area contributed by atoms with Gasteiger partial charge in [0, 0.05) is 19.4 Å². The molecule has 0 saturated heterocycles. The Hall–Kier alpha value is -1.60. The van der Waals surface area contributed by atoms with Gasteiger partial charge in [0.1, 0.15) is 5.52 Å². The van der Waals surface area contributed by atoms with Gasteiger partial charge < -0.3 is 15.0 Å². The molecule has 0 amide bonds. The van der Waals surface area contributed by atoms with Crippen LogP contribution in [0, 0.1) is 0 Å². The van der Waals surface area contributed by atoms with Gasteiger partial charge in [0.2, 0.25) is 5.95 Å². The van der Waals surface area contributed by atoms with Crippen LogP contribution >= 0.6 is 0 Å². The quantitative estimate of drug-likeness (QED) is 0.933. The Morgan fingerprint density at radius 1 is 1.38 bits per heavy atom. The van der Waals surface area contributed by atoms with Crippen molar-refractivity contribution in [2.45, 2.75) is 36.3 Å². The van der Waals surface area contributed by atoms with Gasteiger partial charge in [0.15, 0.2) is 9.84 Å². The molecular weight excluding hydrogens is 290 g/mol. The zero-order valence-corrected chi connectivity index (χ0v) is 12.9. The molecule has 3 rings (SSSR count). The normalized spacial score (nSPS) is 23.0. The molecule has 0 aliphatic heterocycles. The van der Waals surface area contributed by atoms with Crippen LogP contribution in [0.3, 0.4) is 0 Å². The monoisotopic (exact) mass is 309 g/mol. The van der Waals surface area contributed by atoms with Crippen LogP contribution in [0.25, 0.3) is 11.0 Å². The third-order valence-corrected chi connectivity index (χ3v) is 5.29. The van der Waals surface area contributed by atoms with E-state index in [2.05, 4.69) is 4.98 Å². The van der Waals surface area contributed by atoms with Gasteiger partial charge in [-0.3, -0.25) is 0 Å². The van der Waals surface area contributed by atoms with E-state index >= 15 is 0 Å². The summed E-state index contributed by atoms with van der Waals surface area (Å²) >= 11 is 0. The second-order valence-corrected chi connectivity index (χ2v) is 7.54. The molecule has 6 nitrogen and oxygen atoms in total. The average molecular weight is 309 g/mol. The van der Waals surface area contributed by atoms with Crippen molar-refractivity contribution in [1.29, 1.82) is 0 Å². The smallest absolute Gasteiger partial charge is 0.201 e. The van der Waals surface area contributed by atoms with E-state index in [-0.39, 0.29) is 17.0 Å². The van der Waals surface area contributed by atoms with Crippen molar-refractivity contribution in [3.05, 3.63) is 18.2 Å². The zero-order valence-electron chi connectivity index (χ0n) is 12.1. The van der Waals surface area contributed by atoms with E-state index in [1.54, 1.807) is 19.2 Å². The van der Waals surface area contributed by atoms with Crippen LogP contribution in [0.5, 0.6) is 0 Å². The minimum Gasteiger partial charge on any atom is -0.381 e. The van der Waals surface area contributed by atoms with Crippen molar-refractivity contribution in [3.8, 4) is 0 Å². The van der Waals surface area contributed by atoms with Gasteiger partial charge in [-0.2, -0.15) is 0 Å². The van der Waals surface area contributed by atoms with E-state index in [0.29, 0.717) is 11.5 Å². The molecule has 1 heterocycles. The van der Waals surface area contributed by atoms with Crippen molar-refractivity contribution in [2.24, 2.45) is 0 Å². The van der Waals surface area contributed by atoms with Crippen molar-refractivity contribution in [1.82, 2.24) is 9.55 Å². The highest BCUT2D eigenvalue weighted by Gasteiger charge is 2.29. The molecule has 1 aliphatic rings. The standard InChI is InChI=1S/C14H19N3O3S/c1-20-10-7-6-9(8-10)17-11-4-3-5-12(21(2,18)19)13(11)16-14(17)15/h3-5,9-10H,6-8H2,1-2H3,(H2,15,16). The first kappa shape index (κ1) is 14.3. The summed E-state index contributed by atoms with van der Waals surface area (Å²) in [6.45, 7) is 0. The molecular formula is C14H19N3O3S. The number of hydrogen-bond donors (Lipinski definition) is 1. The Labute approximate surface area is 123 Å². The number of aromatic nitrogens is 2. The minimum absolute atomic E-state index is 0.203. The van der Waals surface area contributed by atoms with Gasteiger partial charge in [-0.25, -0.2) is 13.4 Å². The predicted octanol–water partition coefficient (Wildman–Crippen LogP) is 1.76. The second kappa shape index (κ2) is 4.99. The Kier molecular flexibility index (Phi) is 3.41. The number of anilines is 1. The van der Waals surface area contributed by atoms with Gasteiger partial charge in [-0.05, 0) is 31.4 Å². The summed E-state index contributed by atoms with van der Waals surface area (Å²) in [6, 6.07) is 5.38. The summed E-state index contributed by atoms with van der Waals surface area (Å²) in [4.78, 5) is 4.52. The van der Waals surface area contributed by atoms with E-state index in [1.165, 1.54) is 6.26 Å². The highest BCUT2D eigenvalue weighted by molar-refractivity contribution is 7.91. The lowest BCUT2D eigenvalue weighted by Gasteiger charge is -2.15. The molecule has 2 atom stereocenters. The number of fused-ring (bicyclic) bond motifs is 1. The fourth-order valence-corrected chi connectivity index (χ4v) is 3.99. The Balaban J connectivity index is 2.15. The maximum atomic E-state index is 11.9. The summed E-state index contributed by atoms with van der Waals surface area (Å²) in [6.07, 6.45) is 4.22. The average Bonchev–Trinajstić information content (AvgIpc) is 2.99. The zero-order chi connectivity index (χ0) is 15.2. The number of nitrogen functional groups attached to an aromatic ring is 1. The molecule has 7 heteroatoms. The number of rotatable bonds is 3. The summed E-state index contributed by atoms with van der Waals surface area (Å²) in [7, 11) is -1.62. The van der Waals surface area contributed by atoms with Gasteiger partial charge in [0.25, 0.3) is 0 Å². The minimum atomic E-state index is -3.33. The van der Waals surface area contributed by atoms with Crippen molar-refractivity contribution >= 4 is 26.8 Å². The first-order valence-corrected chi connectivity index (χ1v) is 8.80. The van der Waals surface area contributed by atoms with E-state index in [9.17, 15) is 8.42 Å². The number of nitrogens with zero attached hydrogens (tertiary/aromatic N) is 2. The summed E-state index contributed by atoms with van der Waals surface area (Å²) in [5.41, 5.74) is 7.28. The third kappa shape index (κ3) is 2.40. The van der Waals surface area contributed by atoms with E-state index in [1.807, 2.05) is 10.6 Å². The van der Waals surface area contributed by atoms with Crippen LogP contribution in [0.15, 0.2) is 23.1 Å². The molecule has 114 valence electrons. The van der Waals surface area contributed by atoms with Gasteiger partial charge in [-0.1, -0.05) is 6.07 Å². The first-order chi connectivity index (χ1) is 9.91. The molecule has 0 radical (unpaired) electrons. The Bertz CT molecular complexity index is 782. The highest BCUT2D eigenvalue weighted by atomic mass is 32.2. The van der Waals surface area contributed by atoms with E-state index in [4.69, 9.17) is 10.5 Å². The molecule has 0 spiro atoms. The number of methoxy groups -OCH3 is 1. The second-order valence-electron chi connectivity index (χ2n) is 5.56. The van der Waals surface area contributed by atoms with Crippen LogP contribution in [0.1, 0.15) is 25.3 Å². The maximum Gasteiger partial charge on any atom is 0.201 e. The van der Waals surface area contributed by atoms with Crippen molar-refractivity contribution in [3.63, 3.8) is 0 Å². The van der Waals surface area contributed by atoms with Gasteiger partial charge in [0.05, 0.1) is 16.5 Å². The van der Waals surface area contributed by atoms with Crippen LogP contribution in [-0.4, -0.2) is 37.4 Å². The van der Waals surface area contributed by atoms with Gasteiger partial charge in [-0.15, -0.1) is 0 Å². The van der Waals surface area contributed by atoms with E-state index in [0.717, 1.165) is 24.8 Å². The molecule has 1 aromatic heterocycles. The van der Waals surface area contributed by atoms with Crippen molar-refractivity contribution < 1.29 is 13.2 Å².